The highest BCUT2D eigenvalue weighted by Crippen LogP contribution is 2.43. The molecule has 2 unspecified atom stereocenters. The Morgan fingerprint density at radius 3 is 1.75 bits per heavy atom. The highest BCUT2D eigenvalue weighted by Gasteiger charge is 2.25. The first kappa shape index (κ1) is 56.4. The second-order valence-electron chi connectivity index (χ2n) is 14.0. The summed E-state index contributed by atoms with van der Waals surface area (Å²) in [6.07, 6.45) is 55.5. The van der Waals surface area contributed by atoms with Crippen LogP contribution in [0.2, 0.25) is 0 Å². The topological polar surface area (TPSA) is 155 Å². The van der Waals surface area contributed by atoms with Gasteiger partial charge in [-0.2, -0.15) is 0 Å². The lowest BCUT2D eigenvalue weighted by molar-refractivity contribution is -0.161. The molecule has 0 aromatic heterocycles. The molecule has 0 bridgehead atoms. The van der Waals surface area contributed by atoms with Crippen LogP contribution in [0.15, 0.2) is 122 Å². The minimum absolute atomic E-state index is 0.0215. The Balaban J connectivity index is 4.42. The number of rotatable bonds is 39. The van der Waals surface area contributed by atoms with E-state index in [0.717, 1.165) is 57.8 Å². The summed E-state index contributed by atoms with van der Waals surface area (Å²) in [7, 11) is -4.43. The van der Waals surface area contributed by atoms with Crippen molar-refractivity contribution in [1.29, 1.82) is 0 Å². The van der Waals surface area contributed by atoms with Crippen molar-refractivity contribution in [3.05, 3.63) is 122 Å². The Labute approximate surface area is 363 Å². The van der Waals surface area contributed by atoms with E-state index in [-0.39, 0.29) is 32.6 Å². The molecule has 0 spiro atoms. The van der Waals surface area contributed by atoms with Crippen molar-refractivity contribution in [2.24, 2.45) is 5.73 Å². The molecule has 0 aromatic carbocycles. The van der Waals surface area contributed by atoms with Gasteiger partial charge in [-0.25, -0.2) is 4.57 Å². The van der Waals surface area contributed by atoms with Crippen LogP contribution in [-0.2, 0) is 32.7 Å². The van der Waals surface area contributed by atoms with Crippen molar-refractivity contribution in [3.63, 3.8) is 0 Å². The fourth-order valence-electron chi connectivity index (χ4n) is 5.14. The maximum absolute atomic E-state index is 12.6. The highest BCUT2D eigenvalue weighted by molar-refractivity contribution is 7.47. The molecule has 3 atom stereocenters. The second-order valence-corrected chi connectivity index (χ2v) is 15.5. The first-order valence-electron chi connectivity index (χ1n) is 22.1. The molecule has 0 saturated heterocycles. The van der Waals surface area contributed by atoms with Gasteiger partial charge in [0.15, 0.2) is 6.10 Å². The Kier molecular flexibility index (Phi) is 40.8. The first-order valence-corrected chi connectivity index (χ1v) is 23.6. The Morgan fingerprint density at radius 2 is 1.15 bits per heavy atom. The zero-order chi connectivity index (χ0) is 44.0. The predicted molar refractivity (Wildman–Crippen MR) is 248 cm³/mol. The van der Waals surface area contributed by atoms with Crippen LogP contribution >= 0.6 is 7.82 Å². The molecular weight excluding hydrogens is 778 g/mol. The number of allylic oxidation sites excluding steroid dienone is 18. The van der Waals surface area contributed by atoms with Gasteiger partial charge in [0.05, 0.1) is 19.3 Å². The van der Waals surface area contributed by atoms with Crippen LogP contribution in [0, 0.1) is 0 Å². The molecule has 0 heterocycles. The summed E-state index contributed by atoms with van der Waals surface area (Å²) in [5.41, 5.74) is 5.34. The normalized spacial score (nSPS) is 14.9. The summed E-state index contributed by atoms with van der Waals surface area (Å²) in [6.45, 7) is 3.35. The molecule has 0 aliphatic heterocycles. The quantitative estimate of drug-likeness (QED) is 0.0179. The van der Waals surface area contributed by atoms with E-state index < -0.39 is 38.6 Å². The molecule has 0 aliphatic carbocycles. The number of nitrogens with two attached hydrogens (primary N) is 1. The van der Waals surface area contributed by atoms with E-state index >= 15 is 0 Å². The van der Waals surface area contributed by atoms with E-state index in [4.69, 9.17) is 24.3 Å². The van der Waals surface area contributed by atoms with E-state index in [2.05, 4.69) is 80.7 Å². The van der Waals surface area contributed by atoms with E-state index in [9.17, 15) is 24.2 Å². The minimum Gasteiger partial charge on any atom is -0.462 e. The molecule has 0 aromatic rings. The molecule has 0 aliphatic rings. The molecule has 0 amide bonds. The molecule has 0 rings (SSSR count). The lowest BCUT2D eigenvalue weighted by Crippen LogP contribution is -2.29. The van der Waals surface area contributed by atoms with Crippen molar-refractivity contribution in [2.75, 3.05) is 26.4 Å². The summed E-state index contributed by atoms with van der Waals surface area (Å²) in [6, 6.07) is 0. The summed E-state index contributed by atoms with van der Waals surface area (Å²) in [5.74, 6) is -1.01. The van der Waals surface area contributed by atoms with Gasteiger partial charge in [0.1, 0.15) is 6.61 Å². The SMILES string of the molecule is CC/C=C\C/C=C\CC(O)/C=C/C=C\C/C=C\C/C=C\CCC(=O)O[C@H](COC(=O)CCCCC/C=C\C/C=C\C/C=C\C/C=C\CCCCC)COP(=O)(O)OCCN. The van der Waals surface area contributed by atoms with Gasteiger partial charge >= 0.3 is 19.8 Å². The lowest BCUT2D eigenvalue weighted by Gasteiger charge is -2.19. The van der Waals surface area contributed by atoms with Crippen molar-refractivity contribution >= 4 is 19.8 Å². The third-order valence-electron chi connectivity index (χ3n) is 8.43. The summed E-state index contributed by atoms with van der Waals surface area (Å²) in [4.78, 5) is 34.9. The summed E-state index contributed by atoms with van der Waals surface area (Å²) < 4.78 is 32.6. The number of unbranched alkanes of at least 4 members (excludes halogenated alkanes) is 6. The van der Waals surface area contributed by atoms with Crippen molar-refractivity contribution < 1.29 is 42.7 Å². The molecule has 10 nitrogen and oxygen atoms in total. The zero-order valence-electron chi connectivity index (χ0n) is 36.7. The van der Waals surface area contributed by atoms with Crippen LogP contribution in [0.1, 0.15) is 136 Å². The van der Waals surface area contributed by atoms with Gasteiger partial charge in [0.25, 0.3) is 0 Å². The number of hydrogen-bond acceptors (Lipinski definition) is 9. The predicted octanol–water partition coefficient (Wildman–Crippen LogP) is 11.9. The maximum Gasteiger partial charge on any atom is 0.472 e. The number of phosphoric acid groups is 1. The number of carbonyl (C=O) groups is 2. The van der Waals surface area contributed by atoms with Gasteiger partial charge < -0.3 is 25.2 Å². The average molecular weight is 856 g/mol. The van der Waals surface area contributed by atoms with E-state index in [1.54, 1.807) is 6.08 Å². The van der Waals surface area contributed by atoms with Crippen LogP contribution in [0.5, 0.6) is 0 Å². The Hall–Kier alpha value is -3.63. The molecular formula is C49H78NO9P. The smallest absolute Gasteiger partial charge is 0.462 e. The molecule has 0 fully saturated rings. The maximum atomic E-state index is 12.6. The summed E-state index contributed by atoms with van der Waals surface area (Å²) in [5, 5.41) is 10.0. The van der Waals surface area contributed by atoms with E-state index in [0.29, 0.717) is 25.7 Å². The van der Waals surface area contributed by atoms with Gasteiger partial charge in [-0.1, -0.05) is 155 Å². The van der Waals surface area contributed by atoms with Crippen LogP contribution < -0.4 is 5.73 Å². The highest BCUT2D eigenvalue weighted by atomic mass is 31.2. The van der Waals surface area contributed by atoms with Gasteiger partial charge in [0, 0.05) is 19.4 Å². The molecule has 11 heteroatoms. The Bertz CT molecular complexity index is 1410. The molecule has 60 heavy (non-hydrogen) atoms. The second kappa shape index (κ2) is 43.5. The van der Waals surface area contributed by atoms with Gasteiger partial charge in [0.2, 0.25) is 0 Å². The fourth-order valence-corrected chi connectivity index (χ4v) is 5.90. The third kappa shape index (κ3) is 42.5. The van der Waals surface area contributed by atoms with Gasteiger partial charge in [-0.05, 0) is 89.9 Å². The van der Waals surface area contributed by atoms with E-state index in [1.165, 1.54) is 25.7 Å². The molecule has 338 valence electrons. The van der Waals surface area contributed by atoms with Crippen molar-refractivity contribution in [1.82, 2.24) is 0 Å². The van der Waals surface area contributed by atoms with Crippen molar-refractivity contribution in [3.8, 4) is 0 Å². The van der Waals surface area contributed by atoms with Gasteiger partial charge in [-0.15, -0.1) is 0 Å². The van der Waals surface area contributed by atoms with E-state index in [1.807, 2.05) is 48.6 Å². The zero-order valence-corrected chi connectivity index (χ0v) is 37.6. The standard InChI is InChI=1S/C49H78NO9P/c1-3-5-7-9-11-12-13-14-15-16-17-18-19-20-21-25-28-32-36-40-48(52)56-44-47(45-58-60(54,55)57-43-42-50)59-49(53)41-37-33-29-26-23-22-24-27-31-35-39-46(51)38-34-30-10-8-6-4-2/h6,8,11-12,14-15,17-18,20-23,27,29-31,33-35,39,46-47,51H,3-5,7,9-10,13,16,19,24-26,28,32,36-38,40-45,50H2,1-2H3,(H,54,55)/b8-6-,12-11-,15-14-,18-17-,21-20-,23-22-,31-27-,33-29-,34-30-,39-35+/t46?,47-/m1/s1. The fraction of sp³-hybridized carbons (Fsp3) is 0.551. The largest absolute Gasteiger partial charge is 0.472 e. The number of esters is 2. The first-order chi connectivity index (χ1) is 29.2. The molecule has 0 saturated carbocycles. The minimum atomic E-state index is -4.43. The number of aliphatic hydroxyl groups excluding tert-OH is 1. The van der Waals surface area contributed by atoms with Gasteiger partial charge in [-0.3, -0.25) is 18.6 Å². The molecule has 0 radical (unpaired) electrons. The number of hydrogen-bond donors (Lipinski definition) is 3. The van der Waals surface area contributed by atoms with Crippen LogP contribution in [0.3, 0.4) is 0 Å². The molecule has 4 N–H and O–H groups in total. The number of phosphoric ester groups is 1. The number of aliphatic hydroxyl groups is 1. The lowest BCUT2D eigenvalue weighted by atomic mass is 10.1. The number of ether oxygens (including phenoxy) is 2. The monoisotopic (exact) mass is 856 g/mol. The summed E-state index contributed by atoms with van der Waals surface area (Å²) >= 11 is 0. The van der Waals surface area contributed by atoms with Crippen molar-refractivity contribution in [2.45, 2.75) is 148 Å². The average Bonchev–Trinajstić information content (AvgIpc) is 3.23. The van der Waals surface area contributed by atoms with Crippen LogP contribution in [0.4, 0.5) is 0 Å². The number of carbonyl (C=O) groups excluding carboxylic acids is 2. The van der Waals surface area contributed by atoms with Crippen LogP contribution in [0.25, 0.3) is 0 Å². The third-order valence-corrected chi connectivity index (χ3v) is 9.41. The Morgan fingerprint density at radius 1 is 0.600 bits per heavy atom. The van der Waals surface area contributed by atoms with Crippen LogP contribution in [-0.4, -0.2) is 60.5 Å².